The van der Waals surface area contributed by atoms with Gasteiger partial charge in [0.25, 0.3) is 5.91 Å². The van der Waals surface area contributed by atoms with Crippen LogP contribution in [0.4, 0.5) is 18.9 Å². The molecule has 0 bridgehead atoms. The van der Waals surface area contributed by atoms with E-state index in [1.165, 1.54) is 18.4 Å². The Morgan fingerprint density at radius 1 is 1.36 bits per heavy atom. The minimum Gasteiger partial charge on any atom is -0.321 e. The maximum atomic E-state index is 13.0. The number of carbonyl (C=O) groups is 1. The molecule has 0 saturated carbocycles. The predicted molar refractivity (Wildman–Crippen MR) is 93.0 cm³/mol. The van der Waals surface area contributed by atoms with Crippen LogP contribution in [0.25, 0.3) is 0 Å². The van der Waals surface area contributed by atoms with Gasteiger partial charge in [-0.15, -0.1) is 11.3 Å². The van der Waals surface area contributed by atoms with E-state index in [0.29, 0.717) is 5.69 Å². The molecule has 1 atom stereocenters. The molecule has 25 heavy (non-hydrogen) atoms. The van der Waals surface area contributed by atoms with Gasteiger partial charge in [-0.1, -0.05) is 27.7 Å². The first-order valence-electron chi connectivity index (χ1n) is 7.88. The van der Waals surface area contributed by atoms with E-state index in [0.717, 1.165) is 22.2 Å². The van der Waals surface area contributed by atoms with Crippen molar-refractivity contribution in [3.8, 4) is 0 Å². The van der Waals surface area contributed by atoms with Crippen molar-refractivity contribution < 1.29 is 18.0 Å². The average molecular weight is 373 g/mol. The van der Waals surface area contributed by atoms with Gasteiger partial charge in [-0.3, -0.25) is 9.48 Å². The third-order valence-electron chi connectivity index (χ3n) is 3.65. The number of halogens is 3. The van der Waals surface area contributed by atoms with E-state index >= 15 is 0 Å². The summed E-state index contributed by atoms with van der Waals surface area (Å²) in [6.45, 7) is 8.43. The van der Waals surface area contributed by atoms with E-state index in [9.17, 15) is 18.0 Å². The third kappa shape index (κ3) is 4.84. The van der Waals surface area contributed by atoms with Gasteiger partial charge in [0, 0.05) is 18.1 Å². The molecule has 1 unspecified atom stereocenters. The summed E-state index contributed by atoms with van der Waals surface area (Å²) < 4.78 is 40.1. The molecule has 0 saturated heterocycles. The molecule has 2 aromatic rings. The van der Waals surface area contributed by atoms with Gasteiger partial charge in [-0.05, 0) is 29.2 Å². The summed E-state index contributed by atoms with van der Waals surface area (Å²) in [5, 5.41) is 7.82. The summed E-state index contributed by atoms with van der Waals surface area (Å²) in [5.74, 6) is -0.616. The van der Waals surface area contributed by atoms with Crippen LogP contribution in [0, 0.1) is 5.41 Å². The summed E-state index contributed by atoms with van der Waals surface area (Å²) >= 11 is 1.49. The van der Waals surface area contributed by atoms with Crippen LogP contribution in [0.5, 0.6) is 0 Å². The van der Waals surface area contributed by atoms with Gasteiger partial charge < -0.3 is 5.32 Å². The van der Waals surface area contributed by atoms with Gasteiger partial charge in [-0.25, -0.2) is 0 Å². The van der Waals surface area contributed by atoms with Gasteiger partial charge >= 0.3 is 6.18 Å². The van der Waals surface area contributed by atoms with E-state index in [-0.39, 0.29) is 11.3 Å². The fourth-order valence-corrected chi connectivity index (χ4v) is 3.78. The molecule has 0 radical (unpaired) electrons. The van der Waals surface area contributed by atoms with Crippen LogP contribution in [0.1, 0.15) is 61.0 Å². The van der Waals surface area contributed by atoms with E-state index in [2.05, 4.69) is 38.1 Å². The number of amides is 1. The first-order valence-corrected chi connectivity index (χ1v) is 8.76. The number of rotatable bonds is 4. The largest absolute Gasteiger partial charge is 0.435 e. The monoisotopic (exact) mass is 373 g/mol. The third-order valence-corrected chi connectivity index (χ3v) is 4.80. The Balaban J connectivity index is 2.25. The molecule has 1 amide bonds. The molecule has 8 heteroatoms. The first-order chi connectivity index (χ1) is 11.4. The van der Waals surface area contributed by atoms with Crippen molar-refractivity contribution in [2.45, 2.75) is 46.2 Å². The van der Waals surface area contributed by atoms with E-state index in [1.54, 1.807) is 6.07 Å². The molecule has 4 nitrogen and oxygen atoms in total. The highest BCUT2D eigenvalue weighted by Crippen LogP contribution is 2.38. The number of hydrogen-bond donors (Lipinski definition) is 1. The molecule has 0 aliphatic rings. The van der Waals surface area contributed by atoms with Crippen LogP contribution in [0.2, 0.25) is 0 Å². The summed E-state index contributed by atoms with van der Waals surface area (Å²) in [7, 11) is 1.35. The molecule has 0 aliphatic carbocycles. The highest BCUT2D eigenvalue weighted by molar-refractivity contribution is 7.10. The van der Waals surface area contributed by atoms with Gasteiger partial charge in [0.2, 0.25) is 0 Å². The molecule has 138 valence electrons. The first kappa shape index (κ1) is 19.5. The number of hydrogen-bond acceptors (Lipinski definition) is 3. The maximum Gasteiger partial charge on any atom is 0.435 e. The minimum absolute atomic E-state index is 0.109. The zero-order valence-corrected chi connectivity index (χ0v) is 15.7. The Bertz CT molecular complexity index is 756. The maximum absolute atomic E-state index is 13.0. The molecule has 1 N–H and O–H groups in total. The lowest BCUT2D eigenvalue weighted by molar-refractivity contribution is -0.141. The zero-order chi connectivity index (χ0) is 19.0. The lowest BCUT2D eigenvalue weighted by Crippen LogP contribution is -2.18. The van der Waals surface area contributed by atoms with Crippen molar-refractivity contribution in [3.63, 3.8) is 0 Å². The Morgan fingerprint density at radius 2 is 2.00 bits per heavy atom. The van der Waals surface area contributed by atoms with E-state index in [1.807, 2.05) is 5.38 Å². The topological polar surface area (TPSA) is 46.9 Å². The minimum atomic E-state index is -4.68. The van der Waals surface area contributed by atoms with E-state index < -0.39 is 23.3 Å². The molecular formula is C17H22F3N3OS. The standard InChI is InChI=1S/C17H22F3N3OS/c1-10(8-16(2,3)4)13-12(6-7-25-13)21-15(24)11-9-23(5)22-14(11)17(18,19)20/h6-7,9-10H,8H2,1-5H3,(H,21,24). The number of thiophene rings is 1. The Morgan fingerprint density at radius 3 is 2.56 bits per heavy atom. The smallest absolute Gasteiger partial charge is 0.321 e. The number of alkyl halides is 3. The van der Waals surface area contributed by atoms with Crippen molar-refractivity contribution >= 4 is 22.9 Å². The van der Waals surface area contributed by atoms with Crippen molar-refractivity contribution in [1.29, 1.82) is 0 Å². The zero-order valence-electron chi connectivity index (χ0n) is 14.9. The number of aromatic nitrogens is 2. The lowest BCUT2D eigenvalue weighted by atomic mass is 9.84. The second-order valence-corrected chi connectivity index (χ2v) is 8.33. The molecule has 0 aliphatic heterocycles. The lowest BCUT2D eigenvalue weighted by Gasteiger charge is -2.23. The van der Waals surface area contributed by atoms with Crippen molar-refractivity contribution in [1.82, 2.24) is 9.78 Å². The summed E-state index contributed by atoms with van der Waals surface area (Å²) in [6, 6.07) is 1.72. The van der Waals surface area contributed by atoms with Crippen LogP contribution >= 0.6 is 11.3 Å². The number of nitrogens with one attached hydrogen (secondary N) is 1. The fourth-order valence-electron chi connectivity index (χ4n) is 2.87. The molecule has 0 spiro atoms. The second-order valence-electron chi connectivity index (χ2n) is 7.38. The van der Waals surface area contributed by atoms with Crippen molar-refractivity contribution in [3.05, 3.63) is 33.8 Å². The molecule has 2 aromatic heterocycles. The van der Waals surface area contributed by atoms with Gasteiger partial charge in [0.15, 0.2) is 5.69 Å². The number of anilines is 1. The van der Waals surface area contributed by atoms with Crippen molar-refractivity contribution in [2.24, 2.45) is 12.5 Å². The van der Waals surface area contributed by atoms with Gasteiger partial charge in [0.05, 0.1) is 11.3 Å². The number of aryl methyl sites for hydroxylation is 1. The molecule has 2 rings (SSSR count). The average Bonchev–Trinajstić information content (AvgIpc) is 3.02. The van der Waals surface area contributed by atoms with Gasteiger partial charge in [0.1, 0.15) is 0 Å². The quantitative estimate of drug-likeness (QED) is 0.791. The molecule has 0 fully saturated rings. The highest BCUT2D eigenvalue weighted by Gasteiger charge is 2.39. The molecule has 0 aromatic carbocycles. The summed E-state index contributed by atoms with van der Waals surface area (Å²) in [6.07, 6.45) is -2.69. The molecule has 2 heterocycles. The van der Waals surface area contributed by atoms with Crippen LogP contribution in [-0.4, -0.2) is 15.7 Å². The van der Waals surface area contributed by atoms with Gasteiger partial charge in [-0.2, -0.15) is 18.3 Å². The number of carbonyl (C=O) groups excluding carboxylic acids is 1. The van der Waals surface area contributed by atoms with Crippen LogP contribution in [0.15, 0.2) is 17.6 Å². The summed E-state index contributed by atoms with van der Waals surface area (Å²) in [4.78, 5) is 13.4. The Labute approximate surface area is 149 Å². The Kier molecular flexibility index (Phi) is 5.32. The fraction of sp³-hybridized carbons (Fsp3) is 0.529. The van der Waals surface area contributed by atoms with Crippen molar-refractivity contribution in [2.75, 3.05) is 5.32 Å². The van der Waals surface area contributed by atoms with Crippen LogP contribution < -0.4 is 5.32 Å². The predicted octanol–water partition coefficient (Wildman–Crippen LogP) is 5.29. The second kappa shape index (κ2) is 6.82. The number of nitrogens with zero attached hydrogens (tertiary/aromatic N) is 2. The summed E-state index contributed by atoms with van der Waals surface area (Å²) in [5.41, 5.74) is -0.983. The van der Waals surface area contributed by atoms with E-state index in [4.69, 9.17) is 0 Å². The SMILES string of the molecule is CC(CC(C)(C)C)c1sccc1NC(=O)c1cn(C)nc1C(F)(F)F. The van der Waals surface area contributed by atoms with Crippen LogP contribution in [0.3, 0.4) is 0 Å². The normalized spacial score (nSPS) is 13.8. The highest BCUT2D eigenvalue weighted by atomic mass is 32.1. The van der Waals surface area contributed by atoms with Crippen LogP contribution in [-0.2, 0) is 13.2 Å². The Hall–Kier alpha value is -1.83. The molecular weight excluding hydrogens is 351 g/mol.